The molecule has 0 aliphatic heterocycles. The molecule has 0 heterocycles. The van der Waals surface area contributed by atoms with E-state index >= 15 is 0 Å². The lowest BCUT2D eigenvalue weighted by Gasteiger charge is -2.10. The quantitative estimate of drug-likeness (QED) is 0.802. The van der Waals surface area contributed by atoms with Crippen LogP contribution in [0.25, 0.3) is 0 Å². The van der Waals surface area contributed by atoms with Crippen LogP contribution in [-0.4, -0.2) is 23.6 Å². The molecule has 1 N–H and O–H groups in total. The van der Waals surface area contributed by atoms with Gasteiger partial charge < -0.3 is 9.84 Å². The second kappa shape index (κ2) is 5.23. The van der Waals surface area contributed by atoms with Crippen LogP contribution in [0.3, 0.4) is 0 Å². The molecule has 0 saturated heterocycles. The number of ether oxygens (including phenoxy) is 1. The lowest BCUT2D eigenvalue weighted by atomic mass is 10.1. The summed E-state index contributed by atoms with van der Waals surface area (Å²) in [5.74, 6) is -4.74. The molecule has 1 aromatic carbocycles. The molecule has 0 aromatic heterocycles. The number of aliphatic hydroxyl groups is 1. The van der Waals surface area contributed by atoms with Gasteiger partial charge >= 0.3 is 0 Å². The Balaban J connectivity index is 3.87. The van der Waals surface area contributed by atoms with E-state index in [1.54, 1.807) is 0 Å². The molecule has 1 aromatic rings. The van der Waals surface area contributed by atoms with Crippen LogP contribution in [0.15, 0.2) is 18.1 Å². The fraction of sp³-hybridized carbons (Fsp3) is 0.455. The Kier molecular flexibility index (Phi) is 1.00. The summed E-state index contributed by atoms with van der Waals surface area (Å²) in [6.07, 6.45) is -3.82. The van der Waals surface area contributed by atoms with Crippen molar-refractivity contribution in [1.29, 1.82) is 0 Å². The van der Waals surface area contributed by atoms with Gasteiger partial charge in [-0.1, -0.05) is 6.04 Å². The first-order valence-electron chi connectivity index (χ1n) is 10.3. The van der Waals surface area contributed by atoms with E-state index in [2.05, 4.69) is 4.74 Å². The maximum Gasteiger partial charge on any atom is 0.119 e. The minimum atomic E-state index is -3.82. The van der Waals surface area contributed by atoms with Gasteiger partial charge in [0.15, 0.2) is 0 Å². The van der Waals surface area contributed by atoms with Crippen LogP contribution in [0.4, 0.5) is 0 Å². The van der Waals surface area contributed by atoms with E-state index in [1.165, 1.54) is 0 Å². The molecule has 0 aliphatic carbocycles. The smallest absolute Gasteiger partial charge is 0.119 e. The molecular weight excluding hydrogens is 200 g/mol. The third-order valence-electron chi connectivity index (χ3n) is 1.07. The molecule has 1 unspecified atom stereocenters. The van der Waals surface area contributed by atoms with Crippen LogP contribution in [0.2, 0.25) is 0 Å². The standard InChI is InChI=1S/C11H15ClO2/c1-8-3-9(2)5-11(4-8)14-7-10(13)6-12/h3-5,10,13H,6-7H2,1-2H3/i1D3,2D3,3D,4D,5D,6D2,7D2,10D. The molecule has 0 radical (unpaired) electrons. The van der Waals surface area contributed by atoms with Crippen molar-refractivity contribution >= 4 is 11.6 Å². The highest BCUT2D eigenvalue weighted by Gasteiger charge is 2.03. The van der Waals surface area contributed by atoms with Gasteiger partial charge in [-0.25, -0.2) is 0 Å². The van der Waals surface area contributed by atoms with Crippen LogP contribution in [0.1, 0.15) is 30.3 Å². The van der Waals surface area contributed by atoms with Gasteiger partial charge in [-0.3, -0.25) is 0 Å². The normalized spacial score (nSPS) is 33.3. The Hall–Kier alpha value is -0.730. The molecule has 0 aliphatic rings. The zero-order chi connectivity index (χ0) is 22.7. The highest BCUT2D eigenvalue weighted by molar-refractivity contribution is 6.18. The maximum atomic E-state index is 9.81. The summed E-state index contributed by atoms with van der Waals surface area (Å²) < 4.78 is 110. The van der Waals surface area contributed by atoms with Gasteiger partial charge in [0.05, 0.1) is 14.1 Å². The van der Waals surface area contributed by atoms with E-state index in [-0.39, 0.29) is 0 Å². The first kappa shape index (κ1) is 2.69. The maximum absolute atomic E-state index is 9.81. The second-order valence-electron chi connectivity index (χ2n) is 2.10. The first-order chi connectivity index (χ1) is 12.1. The fourth-order valence-electron chi connectivity index (χ4n) is 0.615. The van der Waals surface area contributed by atoms with Gasteiger partial charge in [0.25, 0.3) is 0 Å². The minimum Gasteiger partial charge on any atom is -0.491 e. The van der Waals surface area contributed by atoms with Crippen molar-refractivity contribution in [2.75, 3.05) is 12.4 Å². The minimum absolute atomic E-state index is 1.15. The highest BCUT2D eigenvalue weighted by atomic mass is 35.5. The zero-order valence-corrected chi connectivity index (χ0v) is 7.49. The zero-order valence-electron chi connectivity index (χ0n) is 20.7. The number of hydrogen-bond donors (Lipinski definition) is 1. The molecule has 1 atom stereocenters. The summed E-state index contributed by atoms with van der Waals surface area (Å²) in [7, 11) is 0. The van der Waals surface area contributed by atoms with Gasteiger partial charge in [-0.15, -0.1) is 11.6 Å². The van der Waals surface area contributed by atoms with Crippen molar-refractivity contribution in [2.45, 2.75) is 19.8 Å². The number of halogens is 1. The van der Waals surface area contributed by atoms with E-state index in [1.807, 2.05) is 0 Å². The molecule has 0 saturated carbocycles. The molecule has 0 spiro atoms. The SMILES string of the molecule is [2H]c1c(OC([2H])([2H])C([2H])(O)C([2H])([2H])Cl)c([2H])c(C([2H])([2H])[2H])c([2H])c1C([2H])([2H])[2H]. The molecule has 0 fully saturated rings. The molecule has 1 rings (SSSR count). The number of alkyl halides is 1. The van der Waals surface area contributed by atoms with Gasteiger partial charge in [0.1, 0.15) is 18.4 Å². The van der Waals surface area contributed by atoms with Crippen molar-refractivity contribution < 1.29 is 29.0 Å². The molecule has 3 heteroatoms. The predicted octanol–water partition coefficient (Wildman–Crippen LogP) is 2.28. The lowest BCUT2D eigenvalue weighted by Crippen LogP contribution is -2.18. The molecule has 14 heavy (non-hydrogen) atoms. The third-order valence-corrected chi connectivity index (χ3v) is 1.25. The van der Waals surface area contributed by atoms with Crippen molar-refractivity contribution in [3.8, 4) is 5.75 Å². The van der Waals surface area contributed by atoms with E-state index in [9.17, 15) is 5.11 Å². The van der Waals surface area contributed by atoms with Gasteiger partial charge in [-0.05, 0) is 36.9 Å². The van der Waals surface area contributed by atoms with Gasteiger partial charge in [0, 0.05) is 11.0 Å². The summed E-state index contributed by atoms with van der Waals surface area (Å²) >= 11 is 5.16. The Labute approximate surface area is 109 Å². The lowest BCUT2D eigenvalue weighted by molar-refractivity contribution is 0.125. The summed E-state index contributed by atoms with van der Waals surface area (Å²) in [5.41, 5.74) is -2.30. The van der Waals surface area contributed by atoms with E-state index < -0.39 is 67.2 Å². The van der Waals surface area contributed by atoms with Crippen LogP contribution < -0.4 is 4.74 Å². The van der Waals surface area contributed by atoms with Crippen LogP contribution in [-0.2, 0) is 0 Å². The van der Waals surface area contributed by atoms with E-state index in [4.69, 9.17) is 30.8 Å². The van der Waals surface area contributed by atoms with Crippen molar-refractivity contribution in [3.63, 3.8) is 0 Å². The third kappa shape index (κ3) is 3.56. The second-order valence-corrected chi connectivity index (χ2v) is 2.29. The Morgan fingerprint density at radius 2 is 2.29 bits per heavy atom. The largest absolute Gasteiger partial charge is 0.491 e. The Bertz CT molecular complexity index is 720. The average Bonchev–Trinajstić information content (AvgIpc) is 2.38. The monoisotopic (exact) mass is 228 g/mol. The predicted molar refractivity (Wildman–Crippen MR) is 58.1 cm³/mol. The summed E-state index contributed by atoms with van der Waals surface area (Å²) in [6, 6.07) is -3.63. The Morgan fingerprint density at radius 3 is 2.79 bits per heavy atom. The van der Waals surface area contributed by atoms with Crippen molar-refractivity contribution in [1.82, 2.24) is 0 Å². The van der Waals surface area contributed by atoms with Crippen LogP contribution in [0.5, 0.6) is 5.75 Å². The van der Waals surface area contributed by atoms with Gasteiger partial charge in [-0.2, -0.15) is 0 Å². The van der Waals surface area contributed by atoms with Crippen LogP contribution >= 0.6 is 11.6 Å². The van der Waals surface area contributed by atoms with Crippen molar-refractivity contribution in [3.05, 3.63) is 29.3 Å². The van der Waals surface area contributed by atoms with Crippen LogP contribution in [0, 0.1) is 13.7 Å². The number of hydrogen-bond acceptors (Lipinski definition) is 2. The summed E-state index contributed by atoms with van der Waals surface area (Å²) in [6.45, 7) is -10.2. The molecule has 78 valence electrons. The summed E-state index contributed by atoms with van der Waals surface area (Å²) in [4.78, 5) is 0. The number of rotatable bonds is 4. The van der Waals surface area contributed by atoms with Gasteiger partial charge in [0.2, 0.25) is 0 Å². The average molecular weight is 229 g/mol. The van der Waals surface area contributed by atoms with Crippen molar-refractivity contribution in [2.24, 2.45) is 0 Å². The molecule has 0 bridgehead atoms. The first-order valence-corrected chi connectivity index (χ1v) is 3.70. The topological polar surface area (TPSA) is 29.5 Å². The van der Waals surface area contributed by atoms with E-state index in [0.29, 0.717) is 0 Å². The summed E-state index contributed by atoms with van der Waals surface area (Å²) in [5, 5.41) is 9.81. The molecule has 2 nitrogen and oxygen atoms in total. The molecule has 0 amide bonds. The number of benzene rings is 1. The highest BCUT2D eigenvalue weighted by Crippen LogP contribution is 2.16. The fourth-order valence-corrected chi connectivity index (χ4v) is 0.654. The Morgan fingerprint density at radius 1 is 1.64 bits per heavy atom. The molecular formula is C11H15ClO2. The van der Waals surface area contributed by atoms with E-state index in [0.717, 1.165) is 0 Å².